The van der Waals surface area contributed by atoms with Crippen LogP contribution < -0.4 is 20.9 Å². The zero-order chi connectivity index (χ0) is 20.6. The average molecular weight is 391 g/mol. The summed E-state index contributed by atoms with van der Waals surface area (Å²) in [6.07, 6.45) is 1.57. The highest BCUT2D eigenvalue weighted by Gasteiger charge is 2.05. The SMILES string of the molecule is CCN(CC)c1ccc(Nc2cnnc(Nc3cccc(NC(C)=O)c3)n2)cc1. The zero-order valence-electron chi connectivity index (χ0n) is 16.8. The first-order valence-corrected chi connectivity index (χ1v) is 9.53. The van der Waals surface area contributed by atoms with Crippen molar-refractivity contribution in [1.82, 2.24) is 15.2 Å². The molecular weight excluding hydrogens is 366 g/mol. The highest BCUT2D eigenvalue weighted by molar-refractivity contribution is 5.89. The molecule has 1 aromatic heterocycles. The van der Waals surface area contributed by atoms with Crippen LogP contribution in [-0.4, -0.2) is 34.2 Å². The van der Waals surface area contributed by atoms with Crippen LogP contribution in [0.25, 0.3) is 0 Å². The van der Waals surface area contributed by atoms with Crippen molar-refractivity contribution in [2.75, 3.05) is 33.9 Å². The molecule has 1 heterocycles. The summed E-state index contributed by atoms with van der Waals surface area (Å²) in [4.78, 5) is 18.0. The van der Waals surface area contributed by atoms with Crippen molar-refractivity contribution < 1.29 is 4.79 Å². The molecule has 0 aliphatic heterocycles. The molecule has 8 heteroatoms. The van der Waals surface area contributed by atoms with Crippen LogP contribution in [0.3, 0.4) is 0 Å². The molecule has 0 saturated heterocycles. The number of amides is 1. The van der Waals surface area contributed by atoms with Gasteiger partial charge in [-0.1, -0.05) is 6.07 Å². The number of hydrogen-bond donors (Lipinski definition) is 3. The number of rotatable bonds is 8. The predicted molar refractivity (Wildman–Crippen MR) is 117 cm³/mol. The van der Waals surface area contributed by atoms with Gasteiger partial charge in [0.05, 0.1) is 6.20 Å². The first-order chi connectivity index (χ1) is 14.1. The fraction of sp³-hybridized carbons (Fsp3) is 0.238. The Morgan fingerprint density at radius 1 is 0.966 bits per heavy atom. The van der Waals surface area contributed by atoms with Crippen LogP contribution in [0.1, 0.15) is 20.8 Å². The van der Waals surface area contributed by atoms with Crippen LogP contribution >= 0.6 is 0 Å². The Hall–Kier alpha value is -3.68. The lowest BCUT2D eigenvalue weighted by molar-refractivity contribution is -0.114. The predicted octanol–water partition coefficient (Wildman–Crippen LogP) is 4.16. The first-order valence-electron chi connectivity index (χ1n) is 9.53. The maximum atomic E-state index is 11.2. The molecule has 0 aliphatic rings. The zero-order valence-corrected chi connectivity index (χ0v) is 16.8. The van der Waals surface area contributed by atoms with Gasteiger partial charge in [-0.15, -0.1) is 5.10 Å². The quantitative estimate of drug-likeness (QED) is 0.530. The molecule has 3 aromatic rings. The molecule has 0 unspecified atom stereocenters. The van der Waals surface area contributed by atoms with E-state index in [9.17, 15) is 4.79 Å². The fourth-order valence-corrected chi connectivity index (χ4v) is 2.92. The average Bonchev–Trinajstić information content (AvgIpc) is 2.70. The second-order valence-electron chi connectivity index (χ2n) is 6.40. The Bertz CT molecular complexity index is 955. The van der Waals surface area contributed by atoms with Crippen LogP contribution in [0.15, 0.2) is 54.7 Å². The number of nitrogens with one attached hydrogen (secondary N) is 3. The molecular formula is C21H25N7O. The minimum Gasteiger partial charge on any atom is -0.372 e. The maximum absolute atomic E-state index is 11.2. The van der Waals surface area contributed by atoms with Gasteiger partial charge in [0.15, 0.2) is 5.82 Å². The minimum absolute atomic E-state index is 0.127. The molecule has 0 fully saturated rings. The van der Waals surface area contributed by atoms with Crippen molar-refractivity contribution in [2.24, 2.45) is 0 Å². The molecule has 0 radical (unpaired) electrons. The molecule has 8 nitrogen and oxygen atoms in total. The standard InChI is InChI=1S/C21H25N7O/c1-4-28(5-2)19-11-9-16(10-12-19)24-20-14-22-27-21(26-20)25-18-8-6-7-17(13-18)23-15(3)29/h6-14H,4-5H2,1-3H3,(H,23,29)(H2,24,25,26,27). The molecule has 0 saturated carbocycles. The van der Waals surface area contributed by atoms with Crippen molar-refractivity contribution in [3.8, 4) is 0 Å². The van der Waals surface area contributed by atoms with Crippen molar-refractivity contribution in [3.05, 3.63) is 54.7 Å². The van der Waals surface area contributed by atoms with E-state index in [1.165, 1.54) is 12.6 Å². The first kappa shape index (κ1) is 20.1. The Morgan fingerprint density at radius 3 is 2.38 bits per heavy atom. The van der Waals surface area contributed by atoms with E-state index in [1.807, 2.05) is 30.3 Å². The van der Waals surface area contributed by atoms with Crippen molar-refractivity contribution in [1.29, 1.82) is 0 Å². The summed E-state index contributed by atoms with van der Waals surface area (Å²) in [6, 6.07) is 15.5. The molecule has 0 aliphatic carbocycles. The van der Waals surface area contributed by atoms with Crippen LogP contribution in [0.2, 0.25) is 0 Å². The van der Waals surface area contributed by atoms with Gasteiger partial charge in [0.25, 0.3) is 0 Å². The Kier molecular flexibility index (Phi) is 6.57. The molecule has 29 heavy (non-hydrogen) atoms. The maximum Gasteiger partial charge on any atom is 0.249 e. The lowest BCUT2D eigenvalue weighted by Crippen LogP contribution is -2.21. The van der Waals surface area contributed by atoms with E-state index in [0.717, 1.165) is 24.5 Å². The van der Waals surface area contributed by atoms with Gasteiger partial charge in [-0.05, 0) is 56.3 Å². The van der Waals surface area contributed by atoms with Crippen LogP contribution in [0.4, 0.5) is 34.5 Å². The number of carbonyl (C=O) groups is 1. The molecule has 150 valence electrons. The van der Waals surface area contributed by atoms with Crippen molar-refractivity contribution in [3.63, 3.8) is 0 Å². The normalized spacial score (nSPS) is 10.3. The summed E-state index contributed by atoms with van der Waals surface area (Å²) in [6.45, 7) is 7.69. The minimum atomic E-state index is -0.127. The second-order valence-corrected chi connectivity index (χ2v) is 6.40. The summed E-state index contributed by atoms with van der Waals surface area (Å²) in [5.41, 5.74) is 3.54. The monoisotopic (exact) mass is 391 g/mol. The highest BCUT2D eigenvalue weighted by atomic mass is 16.1. The number of hydrogen-bond acceptors (Lipinski definition) is 7. The van der Waals surface area contributed by atoms with Gasteiger partial charge in [-0.3, -0.25) is 4.79 Å². The Morgan fingerprint density at radius 2 is 1.69 bits per heavy atom. The summed E-state index contributed by atoms with van der Waals surface area (Å²) < 4.78 is 0. The molecule has 0 spiro atoms. The summed E-state index contributed by atoms with van der Waals surface area (Å²) in [5, 5.41) is 17.1. The van der Waals surface area contributed by atoms with Gasteiger partial charge < -0.3 is 20.9 Å². The molecule has 3 N–H and O–H groups in total. The summed E-state index contributed by atoms with van der Waals surface area (Å²) in [7, 11) is 0. The van der Waals surface area contributed by atoms with Crippen molar-refractivity contribution in [2.45, 2.75) is 20.8 Å². The largest absolute Gasteiger partial charge is 0.372 e. The van der Waals surface area contributed by atoms with E-state index in [1.54, 1.807) is 12.3 Å². The van der Waals surface area contributed by atoms with E-state index < -0.39 is 0 Å². The fourth-order valence-electron chi connectivity index (χ4n) is 2.92. The summed E-state index contributed by atoms with van der Waals surface area (Å²) in [5.74, 6) is 0.809. The van der Waals surface area contributed by atoms with E-state index in [4.69, 9.17) is 0 Å². The van der Waals surface area contributed by atoms with Gasteiger partial charge in [0.1, 0.15) is 0 Å². The number of benzene rings is 2. The smallest absolute Gasteiger partial charge is 0.249 e. The highest BCUT2D eigenvalue weighted by Crippen LogP contribution is 2.22. The van der Waals surface area contributed by atoms with E-state index in [-0.39, 0.29) is 5.91 Å². The number of carbonyl (C=O) groups excluding carboxylic acids is 1. The molecule has 0 bridgehead atoms. The van der Waals surface area contributed by atoms with E-state index in [2.05, 4.69) is 62.0 Å². The van der Waals surface area contributed by atoms with Crippen LogP contribution in [0.5, 0.6) is 0 Å². The number of aromatic nitrogens is 3. The molecule has 2 aromatic carbocycles. The number of nitrogens with zero attached hydrogens (tertiary/aromatic N) is 4. The van der Waals surface area contributed by atoms with Gasteiger partial charge in [0, 0.05) is 42.8 Å². The third-order valence-electron chi connectivity index (χ3n) is 4.27. The Labute approximate surface area is 170 Å². The lowest BCUT2D eigenvalue weighted by Gasteiger charge is -2.21. The van der Waals surface area contributed by atoms with Crippen LogP contribution in [0, 0.1) is 0 Å². The van der Waals surface area contributed by atoms with Crippen molar-refractivity contribution >= 4 is 40.4 Å². The number of anilines is 6. The topological polar surface area (TPSA) is 95.1 Å². The molecule has 0 atom stereocenters. The molecule has 1 amide bonds. The molecule has 3 rings (SSSR count). The van der Waals surface area contributed by atoms with Gasteiger partial charge in [0.2, 0.25) is 11.9 Å². The second kappa shape index (κ2) is 9.50. The third-order valence-corrected chi connectivity index (χ3v) is 4.27. The van der Waals surface area contributed by atoms with Gasteiger partial charge in [-0.25, -0.2) is 0 Å². The third kappa shape index (κ3) is 5.65. The summed E-state index contributed by atoms with van der Waals surface area (Å²) >= 11 is 0. The van der Waals surface area contributed by atoms with Gasteiger partial charge >= 0.3 is 0 Å². The van der Waals surface area contributed by atoms with E-state index >= 15 is 0 Å². The van der Waals surface area contributed by atoms with Crippen LogP contribution in [-0.2, 0) is 4.79 Å². The van der Waals surface area contributed by atoms with Gasteiger partial charge in [-0.2, -0.15) is 10.1 Å². The lowest BCUT2D eigenvalue weighted by atomic mass is 10.2. The Balaban J connectivity index is 1.69. The van der Waals surface area contributed by atoms with E-state index in [0.29, 0.717) is 17.5 Å².